The van der Waals surface area contributed by atoms with Gasteiger partial charge in [0.1, 0.15) is 0 Å². The standard InChI is InChI=1S/C20H21ClN2O4/c1-26-17-8-3-13(9-18(17)27-2)10-19(24)22-15-11-20(25)23(12-15)16-6-4-14(21)5-7-16/h3-9,15H,10-12H2,1-2H3,(H,22,24)/t15-/m0/s1. The lowest BCUT2D eigenvalue weighted by molar-refractivity contribution is -0.121. The van der Waals surface area contributed by atoms with E-state index in [2.05, 4.69) is 5.32 Å². The van der Waals surface area contributed by atoms with E-state index in [-0.39, 0.29) is 30.7 Å². The van der Waals surface area contributed by atoms with Crippen molar-refractivity contribution in [2.75, 3.05) is 25.7 Å². The van der Waals surface area contributed by atoms with E-state index in [1.807, 2.05) is 6.07 Å². The Labute approximate surface area is 163 Å². The molecule has 0 aliphatic carbocycles. The van der Waals surface area contributed by atoms with Crippen molar-refractivity contribution < 1.29 is 19.1 Å². The number of benzene rings is 2. The van der Waals surface area contributed by atoms with Crippen molar-refractivity contribution >= 4 is 29.1 Å². The molecule has 27 heavy (non-hydrogen) atoms. The first kappa shape index (κ1) is 19.0. The van der Waals surface area contributed by atoms with Crippen LogP contribution in [0.1, 0.15) is 12.0 Å². The molecule has 1 N–H and O–H groups in total. The Balaban J connectivity index is 1.60. The van der Waals surface area contributed by atoms with Crippen LogP contribution in [0.25, 0.3) is 0 Å². The molecule has 0 saturated carbocycles. The highest BCUT2D eigenvalue weighted by atomic mass is 35.5. The first-order chi connectivity index (χ1) is 13.0. The zero-order chi connectivity index (χ0) is 19.4. The molecule has 2 amide bonds. The predicted molar refractivity (Wildman–Crippen MR) is 104 cm³/mol. The zero-order valence-corrected chi connectivity index (χ0v) is 16.0. The first-order valence-electron chi connectivity index (χ1n) is 8.56. The number of nitrogens with one attached hydrogen (secondary N) is 1. The molecule has 0 bridgehead atoms. The van der Waals surface area contributed by atoms with Gasteiger partial charge in [-0.25, -0.2) is 0 Å². The minimum atomic E-state index is -0.221. The molecular formula is C20H21ClN2O4. The fourth-order valence-corrected chi connectivity index (χ4v) is 3.26. The molecule has 0 aromatic heterocycles. The molecule has 3 rings (SSSR count). The summed E-state index contributed by atoms with van der Waals surface area (Å²) in [7, 11) is 3.12. The second kappa shape index (κ2) is 8.31. The van der Waals surface area contributed by atoms with Gasteiger partial charge in [-0.1, -0.05) is 17.7 Å². The van der Waals surface area contributed by atoms with Crippen molar-refractivity contribution in [2.45, 2.75) is 18.9 Å². The largest absolute Gasteiger partial charge is 0.493 e. The van der Waals surface area contributed by atoms with Gasteiger partial charge < -0.3 is 19.7 Å². The maximum Gasteiger partial charge on any atom is 0.229 e. The number of hydrogen-bond donors (Lipinski definition) is 1. The SMILES string of the molecule is COc1ccc(CC(=O)N[C@H]2CC(=O)N(c3ccc(Cl)cc3)C2)cc1OC. The van der Waals surface area contributed by atoms with Crippen molar-refractivity contribution in [3.8, 4) is 11.5 Å². The van der Waals surface area contributed by atoms with E-state index in [1.165, 1.54) is 0 Å². The number of rotatable bonds is 6. The normalized spacial score (nSPS) is 16.3. The number of anilines is 1. The molecular weight excluding hydrogens is 368 g/mol. The van der Waals surface area contributed by atoms with Crippen LogP contribution >= 0.6 is 11.6 Å². The molecule has 2 aromatic rings. The number of methoxy groups -OCH3 is 2. The van der Waals surface area contributed by atoms with Crippen LogP contribution in [0.4, 0.5) is 5.69 Å². The van der Waals surface area contributed by atoms with Crippen LogP contribution in [-0.4, -0.2) is 38.6 Å². The Kier molecular flexibility index (Phi) is 5.86. The van der Waals surface area contributed by atoms with E-state index >= 15 is 0 Å². The third-order valence-electron chi connectivity index (χ3n) is 4.44. The third kappa shape index (κ3) is 4.52. The topological polar surface area (TPSA) is 67.9 Å². The molecule has 0 radical (unpaired) electrons. The van der Waals surface area contributed by atoms with Gasteiger partial charge in [0.05, 0.1) is 26.7 Å². The van der Waals surface area contributed by atoms with Crippen molar-refractivity contribution in [2.24, 2.45) is 0 Å². The number of amides is 2. The Morgan fingerprint density at radius 1 is 1.15 bits per heavy atom. The van der Waals surface area contributed by atoms with Crippen LogP contribution in [-0.2, 0) is 16.0 Å². The maximum absolute atomic E-state index is 12.4. The number of ether oxygens (including phenoxy) is 2. The summed E-state index contributed by atoms with van der Waals surface area (Å²) in [6, 6.07) is 12.2. The number of nitrogens with zero attached hydrogens (tertiary/aromatic N) is 1. The van der Waals surface area contributed by atoms with Crippen LogP contribution in [0.5, 0.6) is 11.5 Å². The molecule has 142 valence electrons. The average molecular weight is 389 g/mol. The van der Waals surface area contributed by atoms with Gasteiger partial charge in [0.2, 0.25) is 11.8 Å². The van der Waals surface area contributed by atoms with Crippen molar-refractivity contribution in [1.82, 2.24) is 5.32 Å². The third-order valence-corrected chi connectivity index (χ3v) is 4.69. The number of hydrogen-bond acceptors (Lipinski definition) is 4. The summed E-state index contributed by atoms with van der Waals surface area (Å²) in [6.07, 6.45) is 0.478. The zero-order valence-electron chi connectivity index (χ0n) is 15.2. The summed E-state index contributed by atoms with van der Waals surface area (Å²) >= 11 is 5.89. The molecule has 1 aliphatic heterocycles. The molecule has 7 heteroatoms. The summed E-state index contributed by atoms with van der Waals surface area (Å²) in [4.78, 5) is 26.3. The predicted octanol–water partition coefficient (Wildman–Crippen LogP) is 2.82. The second-order valence-corrected chi connectivity index (χ2v) is 6.75. The molecule has 1 heterocycles. The van der Waals surface area contributed by atoms with Crippen LogP contribution < -0.4 is 19.7 Å². The Morgan fingerprint density at radius 2 is 1.85 bits per heavy atom. The van der Waals surface area contributed by atoms with Gasteiger partial charge in [-0.3, -0.25) is 9.59 Å². The minimum Gasteiger partial charge on any atom is -0.493 e. The highest BCUT2D eigenvalue weighted by Crippen LogP contribution is 2.28. The fraction of sp³-hybridized carbons (Fsp3) is 0.300. The first-order valence-corrected chi connectivity index (χ1v) is 8.94. The van der Waals surface area contributed by atoms with Crippen LogP contribution in [0.3, 0.4) is 0 Å². The maximum atomic E-state index is 12.4. The van der Waals surface area contributed by atoms with Gasteiger partial charge in [0.15, 0.2) is 11.5 Å². The van der Waals surface area contributed by atoms with E-state index in [0.29, 0.717) is 23.1 Å². The molecule has 1 saturated heterocycles. The number of halogens is 1. The summed E-state index contributed by atoms with van der Waals surface area (Å²) in [5.74, 6) is 1.03. The summed E-state index contributed by atoms with van der Waals surface area (Å²) < 4.78 is 10.5. The molecule has 1 aliphatic rings. The molecule has 2 aromatic carbocycles. The van der Waals surface area contributed by atoms with Crippen LogP contribution in [0, 0.1) is 0 Å². The van der Waals surface area contributed by atoms with E-state index in [9.17, 15) is 9.59 Å². The second-order valence-electron chi connectivity index (χ2n) is 6.32. The summed E-state index contributed by atoms with van der Waals surface area (Å²) in [5.41, 5.74) is 1.59. The lowest BCUT2D eigenvalue weighted by Gasteiger charge is -2.17. The van der Waals surface area contributed by atoms with Gasteiger partial charge in [-0.05, 0) is 42.0 Å². The Morgan fingerprint density at radius 3 is 2.52 bits per heavy atom. The van der Waals surface area contributed by atoms with Crippen molar-refractivity contribution in [1.29, 1.82) is 0 Å². The molecule has 1 fully saturated rings. The van der Waals surface area contributed by atoms with Crippen molar-refractivity contribution in [3.63, 3.8) is 0 Å². The molecule has 0 spiro atoms. The highest BCUT2D eigenvalue weighted by molar-refractivity contribution is 6.30. The smallest absolute Gasteiger partial charge is 0.229 e. The van der Waals surface area contributed by atoms with Gasteiger partial charge >= 0.3 is 0 Å². The van der Waals surface area contributed by atoms with E-state index < -0.39 is 0 Å². The average Bonchev–Trinajstić information content (AvgIpc) is 3.02. The lowest BCUT2D eigenvalue weighted by atomic mass is 10.1. The summed E-state index contributed by atoms with van der Waals surface area (Å²) in [5, 5.41) is 3.55. The van der Waals surface area contributed by atoms with E-state index in [4.69, 9.17) is 21.1 Å². The highest BCUT2D eigenvalue weighted by Gasteiger charge is 2.31. The van der Waals surface area contributed by atoms with Gasteiger partial charge in [-0.2, -0.15) is 0 Å². The van der Waals surface area contributed by atoms with Gasteiger partial charge in [0, 0.05) is 23.7 Å². The van der Waals surface area contributed by atoms with Crippen LogP contribution in [0.2, 0.25) is 5.02 Å². The minimum absolute atomic E-state index is 0.0197. The van der Waals surface area contributed by atoms with Gasteiger partial charge in [-0.15, -0.1) is 0 Å². The fourth-order valence-electron chi connectivity index (χ4n) is 3.13. The molecule has 1 atom stereocenters. The molecule has 0 unspecified atom stereocenters. The lowest BCUT2D eigenvalue weighted by Crippen LogP contribution is -2.38. The van der Waals surface area contributed by atoms with Crippen molar-refractivity contribution in [3.05, 3.63) is 53.1 Å². The van der Waals surface area contributed by atoms with E-state index in [0.717, 1.165) is 11.3 Å². The number of carbonyl (C=O) groups is 2. The quantitative estimate of drug-likeness (QED) is 0.826. The Bertz CT molecular complexity index is 838. The molecule has 6 nitrogen and oxygen atoms in total. The Hall–Kier alpha value is -2.73. The van der Waals surface area contributed by atoms with E-state index in [1.54, 1.807) is 55.5 Å². The van der Waals surface area contributed by atoms with Crippen LogP contribution in [0.15, 0.2) is 42.5 Å². The monoisotopic (exact) mass is 388 g/mol. The number of carbonyl (C=O) groups excluding carboxylic acids is 2. The van der Waals surface area contributed by atoms with Gasteiger partial charge in [0.25, 0.3) is 0 Å². The summed E-state index contributed by atoms with van der Waals surface area (Å²) in [6.45, 7) is 0.443.